The topological polar surface area (TPSA) is 33.1 Å². The Bertz CT molecular complexity index is 531. The van der Waals surface area contributed by atoms with Gasteiger partial charge in [0, 0.05) is 29.7 Å². The summed E-state index contributed by atoms with van der Waals surface area (Å²) in [6.07, 6.45) is 2.57. The number of rotatable bonds is 4. The second-order valence-corrected chi connectivity index (χ2v) is 5.95. The van der Waals surface area contributed by atoms with Crippen molar-refractivity contribution in [2.24, 2.45) is 0 Å². The van der Waals surface area contributed by atoms with Crippen molar-refractivity contribution in [1.82, 2.24) is 4.98 Å². The molecule has 3 heteroatoms. The molecule has 0 saturated carbocycles. The van der Waals surface area contributed by atoms with Crippen molar-refractivity contribution >= 4 is 11.3 Å². The van der Waals surface area contributed by atoms with Crippen molar-refractivity contribution in [3.05, 3.63) is 40.4 Å². The monoisotopic (exact) mass is 261 g/mol. The van der Waals surface area contributed by atoms with Crippen LogP contribution in [-0.4, -0.2) is 16.7 Å². The molecule has 2 nitrogen and oxygen atoms in total. The largest absolute Gasteiger partial charge is 0.396 e. The first-order valence-corrected chi connectivity index (χ1v) is 7.10. The van der Waals surface area contributed by atoms with Gasteiger partial charge in [-0.3, -0.25) is 0 Å². The fraction of sp³-hybridized carbons (Fsp3) is 0.400. The Kier molecular flexibility index (Phi) is 4.15. The minimum atomic E-state index is 0.187. The van der Waals surface area contributed by atoms with Crippen LogP contribution in [0.25, 0.3) is 10.6 Å². The summed E-state index contributed by atoms with van der Waals surface area (Å²) in [4.78, 5) is 5.61. The Hall–Kier alpha value is -1.19. The lowest BCUT2D eigenvalue weighted by molar-refractivity contribution is 0.300. The molecule has 18 heavy (non-hydrogen) atoms. The predicted molar refractivity (Wildman–Crippen MR) is 77.2 cm³/mol. The molecule has 0 unspecified atom stereocenters. The van der Waals surface area contributed by atoms with Gasteiger partial charge in [0.15, 0.2) is 0 Å². The maximum absolute atomic E-state index is 8.95. The van der Waals surface area contributed by atoms with E-state index in [9.17, 15) is 0 Å². The van der Waals surface area contributed by atoms with Crippen LogP contribution >= 0.6 is 11.3 Å². The smallest absolute Gasteiger partial charge is 0.123 e. The summed E-state index contributed by atoms with van der Waals surface area (Å²) < 4.78 is 0. The van der Waals surface area contributed by atoms with Crippen molar-refractivity contribution in [3.63, 3.8) is 0 Å². The zero-order valence-corrected chi connectivity index (χ0v) is 11.9. The van der Waals surface area contributed by atoms with Crippen LogP contribution in [0.4, 0.5) is 0 Å². The molecule has 1 N–H and O–H groups in total. The van der Waals surface area contributed by atoms with E-state index in [1.165, 1.54) is 16.7 Å². The van der Waals surface area contributed by atoms with E-state index in [1.807, 2.05) is 6.20 Å². The van der Waals surface area contributed by atoms with E-state index in [0.29, 0.717) is 12.3 Å². The lowest BCUT2D eigenvalue weighted by atomic mass is 9.98. The second-order valence-electron chi connectivity index (χ2n) is 4.83. The van der Waals surface area contributed by atoms with Crippen LogP contribution < -0.4 is 0 Å². The van der Waals surface area contributed by atoms with E-state index in [4.69, 9.17) is 5.11 Å². The van der Waals surface area contributed by atoms with Gasteiger partial charge in [-0.25, -0.2) is 4.98 Å². The molecule has 2 aromatic rings. The van der Waals surface area contributed by atoms with E-state index in [-0.39, 0.29) is 6.61 Å². The van der Waals surface area contributed by atoms with Crippen LogP contribution in [0, 0.1) is 6.92 Å². The average molecular weight is 261 g/mol. The summed E-state index contributed by atoms with van der Waals surface area (Å²) in [6.45, 7) is 6.71. The summed E-state index contributed by atoms with van der Waals surface area (Å²) in [5, 5.41) is 10.0. The van der Waals surface area contributed by atoms with Gasteiger partial charge in [-0.2, -0.15) is 0 Å². The summed E-state index contributed by atoms with van der Waals surface area (Å²) in [5.74, 6) is 0.529. The normalized spacial score (nSPS) is 11.2. The molecule has 2 rings (SSSR count). The van der Waals surface area contributed by atoms with Crippen LogP contribution in [0.5, 0.6) is 0 Å². The summed E-state index contributed by atoms with van der Waals surface area (Å²) in [6, 6.07) is 6.59. The first-order valence-electron chi connectivity index (χ1n) is 6.28. The molecular formula is C15H19NOS. The third-order valence-electron chi connectivity index (χ3n) is 3.07. The van der Waals surface area contributed by atoms with Gasteiger partial charge in [-0.15, -0.1) is 11.3 Å². The Balaban J connectivity index is 2.38. The summed E-state index contributed by atoms with van der Waals surface area (Å²) >= 11 is 1.67. The highest BCUT2D eigenvalue weighted by Gasteiger charge is 2.09. The maximum Gasteiger partial charge on any atom is 0.123 e. The molecule has 0 fully saturated rings. The van der Waals surface area contributed by atoms with E-state index in [2.05, 4.69) is 44.0 Å². The fourth-order valence-corrected chi connectivity index (χ4v) is 2.87. The number of hydrogen-bond donors (Lipinski definition) is 1. The van der Waals surface area contributed by atoms with Crippen LogP contribution in [0.15, 0.2) is 24.4 Å². The lowest BCUT2D eigenvalue weighted by Gasteiger charge is -2.09. The summed E-state index contributed by atoms with van der Waals surface area (Å²) in [7, 11) is 0. The molecule has 0 bridgehead atoms. The average Bonchev–Trinajstić information content (AvgIpc) is 2.78. The molecule has 0 spiro atoms. The van der Waals surface area contributed by atoms with Gasteiger partial charge in [0.05, 0.1) is 0 Å². The van der Waals surface area contributed by atoms with Gasteiger partial charge in [-0.05, 0) is 30.0 Å². The first-order chi connectivity index (χ1) is 8.61. The molecule has 1 aromatic carbocycles. The molecule has 0 radical (unpaired) electrons. The maximum atomic E-state index is 8.95. The highest BCUT2D eigenvalue weighted by molar-refractivity contribution is 7.15. The minimum Gasteiger partial charge on any atom is -0.396 e. The Morgan fingerprint density at radius 2 is 2.11 bits per heavy atom. The van der Waals surface area contributed by atoms with Gasteiger partial charge >= 0.3 is 0 Å². The highest BCUT2D eigenvalue weighted by atomic mass is 32.1. The number of aliphatic hydroxyl groups is 1. The standard InChI is InChI=1S/C15H19NOS/c1-10(2)12-5-4-11(3)14(8-12)15-16-9-13(18-15)6-7-17/h4-5,8-10,17H,6-7H2,1-3H3. The molecule has 96 valence electrons. The van der Waals surface area contributed by atoms with Crippen molar-refractivity contribution in [3.8, 4) is 10.6 Å². The molecule has 0 amide bonds. The van der Waals surface area contributed by atoms with Crippen LogP contribution in [0.1, 0.15) is 35.8 Å². The zero-order chi connectivity index (χ0) is 13.1. The molecule has 1 heterocycles. The Morgan fingerprint density at radius 1 is 1.33 bits per heavy atom. The Morgan fingerprint density at radius 3 is 2.78 bits per heavy atom. The van der Waals surface area contributed by atoms with Crippen molar-refractivity contribution in [2.75, 3.05) is 6.61 Å². The molecule has 1 aromatic heterocycles. The number of hydrogen-bond acceptors (Lipinski definition) is 3. The SMILES string of the molecule is Cc1ccc(C(C)C)cc1-c1ncc(CCO)s1. The zero-order valence-electron chi connectivity index (χ0n) is 11.1. The molecular weight excluding hydrogens is 242 g/mol. The highest BCUT2D eigenvalue weighted by Crippen LogP contribution is 2.30. The van der Waals surface area contributed by atoms with E-state index in [0.717, 1.165) is 9.88 Å². The van der Waals surface area contributed by atoms with Gasteiger partial charge in [0.2, 0.25) is 0 Å². The predicted octanol–water partition coefficient (Wildman–Crippen LogP) is 3.78. The summed E-state index contributed by atoms with van der Waals surface area (Å²) in [5.41, 5.74) is 3.81. The number of thiazole rings is 1. The first kappa shape index (κ1) is 13.2. The number of aromatic nitrogens is 1. The van der Waals surface area contributed by atoms with Crippen LogP contribution in [0.2, 0.25) is 0 Å². The van der Waals surface area contributed by atoms with Crippen molar-refractivity contribution < 1.29 is 5.11 Å². The molecule has 0 saturated heterocycles. The fourth-order valence-electron chi connectivity index (χ4n) is 1.89. The number of aryl methyl sites for hydroxylation is 1. The van der Waals surface area contributed by atoms with E-state index in [1.54, 1.807) is 11.3 Å². The van der Waals surface area contributed by atoms with Gasteiger partial charge in [-0.1, -0.05) is 26.0 Å². The number of nitrogens with zero attached hydrogens (tertiary/aromatic N) is 1. The third kappa shape index (κ3) is 2.79. The third-order valence-corrected chi connectivity index (χ3v) is 4.16. The molecule has 0 aliphatic rings. The second kappa shape index (κ2) is 5.63. The number of benzene rings is 1. The molecule has 0 aliphatic carbocycles. The van der Waals surface area contributed by atoms with Crippen molar-refractivity contribution in [1.29, 1.82) is 0 Å². The van der Waals surface area contributed by atoms with Gasteiger partial charge in [0.1, 0.15) is 5.01 Å². The van der Waals surface area contributed by atoms with E-state index >= 15 is 0 Å². The molecule has 0 aliphatic heterocycles. The van der Waals surface area contributed by atoms with Crippen LogP contribution in [0.3, 0.4) is 0 Å². The van der Waals surface area contributed by atoms with Crippen LogP contribution in [-0.2, 0) is 6.42 Å². The Labute approximate surface area is 112 Å². The van der Waals surface area contributed by atoms with Crippen molar-refractivity contribution in [2.45, 2.75) is 33.1 Å². The van der Waals surface area contributed by atoms with Gasteiger partial charge in [0.25, 0.3) is 0 Å². The lowest BCUT2D eigenvalue weighted by Crippen LogP contribution is -1.90. The molecule has 0 atom stereocenters. The quantitative estimate of drug-likeness (QED) is 0.908. The number of aliphatic hydroxyl groups excluding tert-OH is 1. The van der Waals surface area contributed by atoms with E-state index < -0.39 is 0 Å². The minimum absolute atomic E-state index is 0.187. The van der Waals surface area contributed by atoms with Gasteiger partial charge < -0.3 is 5.11 Å².